The minimum absolute atomic E-state index is 0.133. The zero-order chi connectivity index (χ0) is 36.9. The summed E-state index contributed by atoms with van der Waals surface area (Å²) in [6.07, 6.45) is 0. The first-order valence-corrected chi connectivity index (χ1v) is 19.3. The van der Waals surface area contributed by atoms with E-state index in [4.69, 9.17) is 4.42 Å². The maximum Gasteiger partial charge on any atom is 0.139 e. The number of rotatable bonds is 5. The molecule has 0 bridgehead atoms. The third-order valence-corrected chi connectivity index (χ3v) is 12.5. The topological polar surface area (TPSA) is 16.4 Å². The normalized spacial score (nSPS) is 14.4. The Kier molecular flexibility index (Phi) is 6.76. The Morgan fingerprint density at radius 1 is 0.418 bits per heavy atom. The quantitative estimate of drug-likeness (QED) is 0.177. The SMILES string of the molecule is CC1(C)c2ccccc2-c2ccc(N(c3cccc(-c4ccccc4)c3)c3cccc4oc5c(C6(C)c7ccccc7-c7ccccc76)cccc5c34)cc21. The molecule has 0 unspecified atom stereocenters. The molecule has 262 valence electrons. The van der Waals surface area contributed by atoms with Gasteiger partial charge in [-0.25, -0.2) is 0 Å². The van der Waals surface area contributed by atoms with E-state index in [1.54, 1.807) is 0 Å². The number of hydrogen-bond donors (Lipinski definition) is 0. The van der Waals surface area contributed by atoms with E-state index in [-0.39, 0.29) is 10.8 Å². The molecule has 0 saturated heterocycles. The van der Waals surface area contributed by atoms with Gasteiger partial charge in [-0.3, -0.25) is 0 Å². The predicted octanol–water partition coefficient (Wildman–Crippen LogP) is 14.4. The Labute approximate surface area is 322 Å². The van der Waals surface area contributed by atoms with E-state index in [0.29, 0.717) is 0 Å². The summed E-state index contributed by atoms with van der Waals surface area (Å²) < 4.78 is 7.07. The summed E-state index contributed by atoms with van der Waals surface area (Å²) in [5.74, 6) is 0. The molecule has 55 heavy (non-hydrogen) atoms. The number of fused-ring (bicyclic) bond motifs is 9. The van der Waals surface area contributed by atoms with Crippen molar-refractivity contribution in [2.24, 2.45) is 0 Å². The van der Waals surface area contributed by atoms with E-state index in [1.807, 2.05) is 0 Å². The lowest BCUT2D eigenvalue weighted by atomic mass is 9.74. The molecule has 2 heteroatoms. The zero-order valence-electron chi connectivity index (χ0n) is 31.2. The molecule has 0 atom stereocenters. The van der Waals surface area contributed by atoms with Crippen LogP contribution in [0.3, 0.4) is 0 Å². The lowest BCUT2D eigenvalue weighted by molar-refractivity contribution is 0.638. The van der Waals surface area contributed by atoms with Crippen LogP contribution >= 0.6 is 0 Å². The van der Waals surface area contributed by atoms with Crippen molar-refractivity contribution in [2.45, 2.75) is 31.6 Å². The second-order valence-electron chi connectivity index (χ2n) is 15.8. The van der Waals surface area contributed by atoms with Crippen LogP contribution in [0.25, 0.3) is 55.3 Å². The second-order valence-corrected chi connectivity index (χ2v) is 15.8. The van der Waals surface area contributed by atoms with Gasteiger partial charge in [0.25, 0.3) is 0 Å². The Bertz CT molecular complexity index is 2940. The lowest BCUT2D eigenvalue weighted by Gasteiger charge is -2.29. The van der Waals surface area contributed by atoms with Crippen molar-refractivity contribution in [2.75, 3.05) is 4.90 Å². The molecule has 0 radical (unpaired) electrons. The van der Waals surface area contributed by atoms with Crippen LogP contribution < -0.4 is 4.90 Å². The third-order valence-electron chi connectivity index (χ3n) is 12.5. The van der Waals surface area contributed by atoms with Crippen molar-refractivity contribution in [3.63, 3.8) is 0 Å². The van der Waals surface area contributed by atoms with E-state index in [1.165, 1.54) is 61.2 Å². The largest absolute Gasteiger partial charge is 0.456 e. The van der Waals surface area contributed by atoms with Gasteiger partial charge in [-0.05, 0) is 99.0 Å². The van der Waals surface area contributed by atoms with Gasteiger partial charge in [0.15, 0.2) is 0 Å². The molecular formula is C53H39NO. The second kappa shape index (κ2) is 11.7. The highest BCUT2D eigenvalue weighted by atomic mass is 16.3. The molecule has 0 fully saturated rings. The minimum Gasteiger partial charge on any atom is -0.456 e. The van der Waals surface area contributed by atoms with E-state index in [0.717, 1.165) is 39.0 Å². The van der Waals surface area contributed by atoms with Crippen LogP contribution in [0.4, 0.5) is 17.1 Å². The zero-order valence-corrected chi connectivity index (χ0v) is 31.2. The number of para-hydroxylation sites is 1. The fourth-order valence-corrected chi connectivity index (χ4v) is 9.87. The van der Waals surface area contributed by atoms with Gasteiger partial charge in [-0.15, -0.1) is 0 Å². The molecule has 2 aliphatic carbocycles. The monoisotopic (exact) mass is 705 g/mol. The molecule has 0 N–H and O–H groups in total. The van der Waals surface area contributed by atoms with Crippen molar-refractivity contribution in [3.8, 4) is 33.4 Å². The van der Waals surface area contributed by atoms with Crippen LogP contribution in [0.15, 0.2) is 186 Å². The minimum atomic E-state index is -0.384. The average Bonchev–Trinajstić information content (AvgIpc) is 3.83. The van der Waals surface area contributed by atoms with E-state index in [9.17, 15) is 0 Å². The van der Waals surface area contributed by atoms with Crippen molar-refractivity contribution in [3.05, 3.63) is 210 Å². The van der Waals surface area contributed by atoms with Crippen LogP contribution in [0.2, 0.25) is 0 Å². The van der Waals surface area contributed by atoms with Gasteiger partial charge in [-0.1, -0.05) is 159 Å². The van der Waals surface area contributed by atoms with Crippen molar-refractivity contribution >= 4 is 39.0 Å². The fourth-order valence-electron chi connectivity index (χ4n) is 9.87. The molecule has 0 spiro atoms. The third kappa shape index (κ3) is 4.49. The standard InChI is InChI=1S/C53H39NO/c1-52(2)43-24-10-7-20-38(43)41-31-30-37(33-47(41)52)54(36-19-13-18-35(32-36)34-16-5-4-6-17-34)48-28-15-29-49-50(48)42-23-14-27-46(51(42)55-49)53(3)44-25-11-8-21-39(44)40-22-9-12-26-45(40)53/h4-33H,1-3H3. The number of nitrogens with zero attached hydrogens (tertiary/aromatic N) is 1. The van der Waals surface area contributed by atoms with Crippen LogP contribution in [-0.2, 0) is 10.8 Å². The fraction of sp³-hybridized carbons (Fsp3) is 0.0943. The Balaban J connectivity index is 1.16. The number of anilines is 3. The van der Waals surface area contributed by atoms with Crippen LogP contribution in [-0.4, -0.2) is 0 Å². The summed E-state index contributed by atoms with van der Waals surface area (Å²) in [5.41, 5.74) is 18.7. The van der Waals surface area contributed by atoms with Gasteiger partial charge < -0.3 is 9.32 Å². The Morgan fingerprint density at radius 3 is 1.73 bits per heavy atom. The van der Waals surface area contributed by atoms with Crippen molar-refractivity contribution in [1.29, 1.82) is 0 Å². The Hall–Kier alpha value is -6.64. The predicted molar refractivity (Wildman–Crippen MR) is 229 cm³/mol. The maximum absolute atomic E-state index is 7.07. The molecule has 0 aliphatic heterocycles. The number of hydrogen-bond acceptors (Lipinski definition) is 2. The van der Waals surface area contributed by atoms with Gasteiger partial charge in [0.1, 0.15) is 11.2 Å². The first kappa shape index (κ1) is 31.8. The first-order valence-electron chi connectivity index (χ1n) is 19.3. The summed E-state index contributed by atoms with van der Waals surface area (Å²) in [7, 11) is 0. The molecule has 0 amide bonds. The first-order chi connectivity index (χ1) is 26.9. The van der Waals surface area contributed by atoms with E-state index < -0.39 is 0 Å². The highest BCUT2D eigenvalue weighted by Gasteiger charge is 2.42. The van der Waals surface area contributed by atoms with Crippen molar-refractivity contribution < 1.29 is 4.42 Å². The van der Waals surface area contributed by atoms with Crippen LogP contribution in [0.1, 0.15) is 48.6 Å². The van der Waals surface area contributed by atoms with Gasteiger partial charge in [-0.2, -0.15) is 0 Å². The molecule has 2 nitrogen and oxygen atoms in total. The highest BCUT2D eigenvalue weighted by Crippen LogP contribution is 2.55. The van der Waals surface area contributed by atoms with Crippen LogP contribution in [0.5, 0.6) is 0 Å². The number of furan rings is 1. The average molecular weight is 706 g/mol. The molecule has 8 aromatic carbocycles. The maximum atomic E-state index is 7.07. The van der Waals surface area contributed by atoms with Crippen LogP contribution in [0, 0.1) is 0 Å². The summed E-state index contributed by atoms with van der Waals surface area (Å²) >= 11 is 0. The molecule has 2 aliphatic rings. The summed E-state index contributed by atoms with van der Waals surface area (Å²) in [5, 5.41) is 2.22. The molecule has 11 rings (SSSR count). The molecule has 1 heterocycles. The summed E-state index contributed by atoms with van der Waals surface area (Å²) in [6, 6.07) is 66.5. The highest BCUT2D eigenvalue weighted by molar-refractivity contribution is 6.14. The lowest BCUT2D eigenvalue weighted by Crippen LogP contribution is -2.22. The molecule has 1 aromatic heterocycles. The van der Waals surface area contributed by atoms with Gasteiger partial charge in [0.05, 0.1) is 11.1 Å². The van der Waals surface area contributed by atoms with Gasteiger partial charge in [0, 0.05) is 33.2 Å². The molecular weight excluding hydrogens is 667 g/mol. The molecule has 0 saturated carbocycles. The van der Waals surface area contributed by atoms with E-state index >= 15 is 0 Å². The van der Waals surface area contributed by atoms with Crippen molar-refractivity contribution in [1.82, 2.24) is 0 Å². The number of benzene rings is 8. The van der Waals surface area contributed by atoms with E-state index in [2.05, 4.69) is 208 Å². The smallest absolute Gasteiger partial charge is 0.139 e. The van der Waals surface area contributed by atoms with Gasteiger partial charge >= 0.3 is 0 Å². The summed E-state index contributed by atoms with van der Waals surface area (Å²) in [6.45, 7) is 7.08. The Morgan fingerprint density at radius 2 is 0.982 bits per heavy atom. The molecule has 9 aromatic rings. The van der Waals surface area contributed by atoms with Gasteiger partial charge in [0.2, 0.25) is 0 Å². The summed E-state index contributed by atoms with van der Waals surface area (Å²) in [4.78, 5) is 2.44.